The standard InChI is InChI=1S/C19H18N2O4/c1-10-8-13(6-7-15(10)23)21-17-16(18(24)19(17)25)20-11(2)12-4-3-5-14(22)9-12/h3-9,11,20-23H,1-2H3/t11-/m1/s1. The van der Waals surface area contributed by atoms with Crippen molar-refractivity contribution < 1.29 is 10.2 Å². The van der Waals surface area contributed by atoms with Crippen LogP contribution in [0.3, 0.4) is 0 Å². The van der Waals surface area contributed by atoms with Gasteiger partial charge in [-0.1, -0.05) is 12.1 Å². The summed E-state index contributed by atoms with van der Waals surface area (Å²) < 4.78 is 0. The summed E-state index contributed by atoms with van der Waals surface area (Å²) in [5, 5.41) is 25.1. The third-order valence-corrected chi connectivity index (χ3v) is 4.11. The Morgan fingerprint density at radius 3 is 2.36 bits per heavy atom. The first-order chi connectivity index (χ1) is 11.9. The Morgan fingerprint density at radius 2 is 1.68 bits per heavy atom. The van der Waals surface area contributed by atoms with Gasteiger partial charge in [0, 0.05) is 11.7 Å². The molecule has 0 aliphatic heterocycles. The molecule has 0 amide bonds. The minimum absolute atomic E-state index is 0.133. The molecule has 6 heteroatoms. The average Bonchev–Trinajstić information content (AvgIpc) is 2.60. The molecule has 0 heterocycles. The number of benzene rings is 2. The molecule has 25 heavy (non-hydrogen) atoms. The summed E-state index contributed by atoms with van der Waals surface area (Å²) in [7, 11) is 0. The predicted molar refractivity (Wildman–Crippen MR) is 97.6 cm³/mol. The molecule has 3 rings (SSSR count). The van der Waals surface area contributed by atoms with Gasteiger partial charge in [-0.25, -0.2) is 0 Å². The fourth-order valence-electron chi connectivity index (χ4n) is 2.62. The minimum Gasteiger partial charge on any atom is -0.508 e. The van der Waals surface area contributed by atoms with Crippen LogP contribution in [-0.4, -0.2) is 10.2 Å². The van der Waals surface area contributed by atoms with E-state index in [2.05, 4.69) is 10.6 Å². The molecular formula is C19H18N2O4. The number of phenolic OH excluding ortho intramolecular Hbond substituents is 2. The van der Waals surface area contributed by atoms with Crippen LogP contribution in [0.2, 0.25) is 0 Å². The SMILES string of the molecule is Cc1cc(Nc2c(N[C@H](C)c3cccc(O)c3)c(=O)c2=O)ccc1O. The van der Waals surface area contributed by atoms with E-state index in [-0.39, 0.29) is 28.9 Å². The number of anilines is 3. The first-order valence-corrected chi connectivity index (χ1v) is 7.82. The molecule has 0 saturated heterocycles. The maximum atomic E-state index is 11.9. The van der Waals surface area contributed by atoms with Crippen LogP contribution >= 0.6 is 0 Å². The summed E-state index contributed by atoms with van der Waals surface area (Å²) in [5.41, 5.74) is 1.30. The van der Waals surface area contributed by atoms with E-state index in [1.54, 1.807) is 37.3 Å². The monoisotopic (exact) mass is 338 g/mol. The van der Waals surface area contributed by atoms with E-state index in [0.717, 1.165) is 5.56 Å². The van der Waals surface area contributed by atoms with E-state index in [1.807, 2.05) is 13.0 Å². The Morgan fingerprint density at radius 1 is 0.960 bits per heavy atom. The summed E-state index contributed by atoms with van der Waals surface area (Å²) in [6, 6.07) is 11.3. The number of aromatic hydroxyl groups is 2. The van der Waals surface area contributed by atoms with Gasteiger partial charge in [0.25, 0.3) is 10.9 Å². The molecule has 0 saturated carbocycles. The van der Waals surface area contributed by atoms with E-state index in [1.165, 1.54) is 6.07 Å². The largest absolute Gasteiger partial charge is 0.508 e. The highest BCUT2D eigenvalue weighted by molar-refractivity contribution is 5.79. The fraction of sp³-hybridized carbons (Fsp3) is 0.158. The number of phenols is 2. The first kappa shape index (κ1) is 16.6. The van der Waals surface area contributed by atoms with Gasteiger partial charge < -0.3 is 20.8 Å². The number of hydrogen-bond donors (Lipinski definition) is 4. The smallest absolute Gasteiger partial charge is 0.253 e. The zero-order valence-corrected chi connectivity index (χ0v) is 13.8. The molecule has 6 nitrogen and oxygen atoms in total. The van der Waals surface area contributed by atoms with Crippen molar-refractivity contribution in [1.82, 2.24) is 0 Å². The summed E-state index contributed by atoms with van der Waals surface area (Å²) in [6.07, 6.45) is 0. The topological polar surface area (TPSA) is 98.7 Å². The van der Waals surface area contributed by atoms with Crippen molar-refractivity contribution in [3.63, 3.8) is 0 Å². The van der Waals surface area contributed by atoms with Gasteiger partial charge in [0.2, 0.25) is 0 Å². The maximum Gasteiger partial charge on any atom is 0.253 e. The Labute approximate surface area is 144 Å². The fourth-order valence-corrected chi connectivity index (χ4v) is 2.62. The first-order valence-electron chi connectivity index (χ1n) is 7.82. The second-order valence-corrected chi connectivity index (χ2v) is 6.00. The van der Waals surface area contributed by atoms with Crippen LogP contribution in [0, 0.1) is 6.92 Å². The average molecular weight is 338 g/mol. The molecule has 0 aliphatic carbocycles. The predicted octanol–water partition coefficient (Wildman–Crippen LogP) is 2.92. The number of aryl methyl sites for hydroxylation is 1. The lowest BCUT2D eigenvalue weighted by Gasteiger charge is -2.20. The molecule has 0 aromatic heterocycles. The van der Waals surface area contributed by atoms with Gasteiger partial charge in [-0.2, -0.15) is 0 Å². The van der Waals surface area contributed by atoms with Crippen molar-refractivity contribution in [2.45, 2.75) is 19.9 Å². The second kappa shape index (κ2) is 6.32. The molecule has 0 unspecified atom stereocenters. The lowest BCUT2D eigenvalue weighted by Crippen LogP contribution is -2.37. The van der Waals surface area contributed by atoms with Gasteiger partial charge >= 0.3 is 0 Å². The normalized spacial score (nSPS) is 12.1. The zero-order valence-electron chi connectivity index (χ0n) is 13.8. The highest BCUT2D eigenvalue weighted by atomic mass is 16.3. The van der Waals surface area contributed by atoms with Crippen LogP contribution < -0.4 is 21.5 Å². The summed E-state index contributed by atoms with van der Waals surface area (Å²) in [5.74, 6) is 0.292. The molecule has 0 radical (unpaired) electrons. The zero-order chi connectivity index (χ0) is 18.1. The lowest BCUT2D eigenvalue weighted by atomic mass is 10.1. The quantitative estimate of drug-likeness (QED) is 0.422. The van der Waals surface area contributed by atoms with Crippen molar-refractivity contribution in [3.8, 4) is 11.5 Å². The van der Waals surface area contributed by atoms with Crippen molar-refractivity contribution in [2.24, 2.45) is 0 Å². The number of hydrogen-bond acceptors (Lipinski definition) is 6. The van der Waals surface area contributed by atoms with Gasteiger partial charge in [-0.3, -0.25) is 9.59 Å². The van der Waals surface area contributed by atoms with Crippen LogP contribution in [0.25, 0.3) is 0 Å². The van der Waals surface area contributed by atoms with Gasteiger partial charge in [-0.05, 0) is 55.3 Å². The molecular weight excluding hydrogens is 320 g/mol. The molecule has 128 valence electrons. The van der Waals surface area contributed by atoms with Crippen molar-refractivity contribution >= 4 is 17.1 Å². The number of rotatable bonds is 5. The maximum absolute atomic E-state index is 11.9. The van der Waals surface area contributed by atoms with Crippen molar-refractivity contribution in [3.05, 3.63) is 74.0 Å². The Bertz CT molecular complexity index is 1000. The molecule has 0 spiro atoms. The second-order valence-electron chi connectivity index (χ2n) is 6.00. The van der Waals surface area contributed by atoms with E-state index in [9.17, 15) is 19.8 Å². The third kappa shape index (κ3) is 3.19. The van der Waals surface area contributed by atoms with E-state index in [4.69, 9.17) is 0 Å². The molecule has 4 N–H and O–H groups in total. The molecule has 3 aromatic rings. The van der Waals surface area contributed by atoms with Crippen LogP contribution in [-0.2, 0) is 0 Å². The molecule has 3 aromatic carbocycles. The van der Waals surface area contributed by atoms with Gasteiger partial charge in [0.1, 0.15) is 22.9 Å². The molecule has 0 bridgehead atoms. The van der Waals surface area contributed by atoms with E-state index in [0.29, 0.717) is 11.3 Å². The Balaban J connectivity index is 1.84. The minimum atomic E-state index is -0.587. The highest BCUT2D eigenvalue weighted by Gasteiger charge is 2.23. The van der Waals surface area contributed by atoms with Gasteiger partial charge in [0.05, 0.1) is 0 Å². The van der Waals surface area contributed by atoms with Crippen LogP contribution in [0.4, 0.5) is 17.1 Å². The summed E-state index contributed by atoms with van der Waals surface area (Å²) in [6.45, 7) is 3.58. The summed E-state index contributed by atoms with van der Waals surface area (Å²) in [4.78, 5) is 23.8. The van der Waals surface area contributed by atoms with Crippen molar-refractivity contribution in [2.75, 3.05) is 10.6 Å². The highest BCUT2D eigenvalue weighted by Crippen LogP contribution is 2.28. The lowest BCUT2D eigenvalue weighted by molar-refractivity contribution is 0.471. The molecule has 0 aliphatic rings. The van der Waals surface area contributed by atoms with Crippen LogP contribution in [0.5, 0.6) is 11.5 Å². The molecule has 1 atom stereocenters. The molecule has 0 fully saturated rings. The Hall–Kier alpha value is -3.28. The van der Waals surface area contributed by atoms with Crippen molar-refractivity contribution in [1.29, 1.82) is 0 Å². The third-order valence-electron chi connectivity index (χ3n) is 4.11. The Kier molecular flexibility index (Phi) is 4.19. The van der Waals surface area contributed by atoms with Crippen LogP contribution in [0.15, 0.2) is 52.1 Å². The van der Waals surface area contributed by atoms with E-state index < -0.39 is 10.9 Å². The van der Waals surface area contributed by atoms with E-state index >= 15 is 0 Å². The van der Waals surface area contributed by atoms with Gasteiger partial charge in [0.15, 0.2) is 0 Å². The van der Waals surface area contributed by atoms with Crippen LogP contribution in [0.1, 0.15) is 24.1 Å². The summed E-state index contributed by atoms with van der Waals surface area (Å²) >= 11 is 0. The van der Waals surface area contributed by atoms with Gasteiger partial charge in [-0.15, -0.1) is 0 Å². The number of nitrogens with one attached hydrogen (secondary N) is 2.